The quantitative estimate of drug-likeness (QED) is 0.490. The van der Waals surface area contributed by atoms with E-state index in [0.717, 1.165) is 18.4 Å². The first-order valence-electron chi connectivity index (χ1n) is 6.76. The van der Waals surface area contributed by atoms with Crippen LogP contribution in [0.25, 0.3) is 0 Å². The molecule has 108 valence electrons. The van der Waals surface area contributed by atoms with Crippen molar-refractivity contribution in [3.8, 4) is 0 Å². The number of hydrogen-bond acceptors (Lipinski definition) is 3. The van der Waals surface area contributed by atoms with Crippen LogP contribution < -0.4 is 5.32 Å². The molecule has 0 heterocycles. The third kappa shape index (κ3) is 5.69. The number of benzene rings is 1. The van der Waals surface area contributed by atoms with Crippen molar-refractivity contribution >= 4 is 17.6 Å². The zero-order valence-corrected chi connectivity index (χ0v) is 12.2. The summed E-state index contributed by atoms with van der Waals surface area (Å²) in [6.07, 6.45) is 3.33. The maximum Gasteiger partial charge on any atom is 0.338 e. The highest BCUT2D eigenvalue weighted by Crippen LogP contribution is 2.12. The Hall–Kier alpha value is -2.10. The van der Waals surface area contributed by atoms with Crippen LogP contribution in [0.3, 0.4) is 0 Å². The van der Waals surface area contributed by atoms with Gasteiger partial charge in [0, 0.05) is 11.8 Å². The highest BCUT2D eigenvalue weighted by atomic mass is 16.5. The van der Waals surface area contributed by atoms with Gasteiger partial charge < -0.3 is 10.1 Å². The average molecular weight is 275 g/mol. The van der Waals surface area contributed by atoms with Crippen molar-refractivity contribution in [3.05, 3.63) is 41.5 Å². The SMILES string of the molecule is CCCCOC(=O)c1cccc(NC(=O)C=C(C)C)c1. The van der Waals surface area contributed by atoms with E-state index in [-0.39, 0.29) is 11.9 Å². The summed E-state index contributed by atoms with van der Waals surface area (Å²) in [4.78, 5) is 23.4. The van der Waals surface area contributed by atoms with Crippen molar-refractivity contribution in [2.45, 2.75) is 33.6 Å². The summed E-state index contributed by atoms with van der Waals surface area (Å²) in [5, 5.41) is 2.71. The first kappa shape index (κ1) is 16.0. The van der Waals surface area contributed by atoms with Gasteiger partial charge in [0.15, 0.2) is 0 Å². The van der Waals surface area contributed by atoms with E-state index >= 15 is 0 Å². The Bertz CT molecular complexity index is 502. The maximum absolute atomic E-state index is 11.8. The Morgan fingerprint density at radius 1 is 1.30 bits per heavy atom. The van der Waals surface area contributed by atoms with Crippen molar-refractivity contribution in [1.29, 1.82) is 0 Å². The highest BCUT2D eigenvalue weighted by Gasteiger charge is 2.08. The standard InChI is InChI=1S/C16H21NO3/c1-4-5-9-20-16(19)13-7-6-8-14(11-13)17-15(18)10-12(2)3/h6-8,10-11H,4-5,9H2,1-3H3,(H,17,18). The van der Waals surface area contributed by atoms with Crippen molar-refractivity contribution in [1.82, 2.24) is 0 Å². The van der Waals surface area contributed by atoms with E-state index in [2.05, 4.69) is 5.32 Å². The number of carbonyl (C=O) groups is 2. The maximum atomic E-state index is 11.8. The smallest absolute Gasteiger partial charge is 0.338 e. The molecule has 4 nitrogen and oxygen atoms in total. The van der Waals surface area contributed by atoms with Crippen LogP contribution in [-0.2, 0) is 9.53 Å². The van der Waals surface area contributed by atoms with E-state index < -0.39 is 0 Å². The molecule has 0 atom stereocenters. The molecule has 1 aromatic carbocycles. The second-order valence-electron chi connectivity index (χ2n) is 4.78. The topological polar surface area (TPSA) is 55.4 Å². The van der Waals surface area contributed by atoms with Gasteiger partial charge in [-0.3, -0.25) is 4.79 Å². The van der Waals surface area contributed by atoms with Crippen LogP contribution in [0.2, 0.25) is 0 Å². The molecule has 4 heteroatoms. The Morgan fingerprint density at radius 3 is 2.70 bits per heavy atom. The normalized spacial score (nSPS) is 9.75. The van der Waals surface area contributed by atoms with Crippen LogP contribution in [0.1, 0.15) is 44.0 Å². The molecule has 0 aromatic heterocycles. The first-order valence-corrected chi connectivity index (χ1v) is 6.76. The molecule has 20 heavy (non-hydrogen) atoms. The molecule has 0 radical (unpaired) electrons. The second-order valence-corrected chi connectivity index (χ2v) is 4.78. The van der Waals surface area contributed by atoms with Crippen LogP contribution in [0.15, 0.2) is 35.9 Å². The molecule has 1 N–H and O–H groups in total. The van der Waals surface area contributed by atoms with Gasteiger partial charge in [0.2, 0.25) is 5.91 Å². The summed E-state index contributed by atoms with van der Waals surface area (Å²) >= 11 is 0. The third-order valence-electron chi connectivity index (χ3n) is 2.52. The number of unbranched alkanes of at least 4 members (excludes halogenated alkanes) is 1. The summed E-state index contributed by atoms with van der Waals surface area (Å²) in [6, 6.07) is 6.74. The fourth-order valence-electron chi connectivity index (χ4n) is 1.56. The molecule has 0 fully saturated rings. The number of esters is 1. The molecule has 0 bridgehead atoms. The number of anilines is 1. The molecule has 1 aromatic rings. The van der Waals surface area contributed by atoms with Gasteiger partial charge in [-0.2, -0.15) is 0 Å². The predicted octanol–water partition coefficient (Wildman–Crippen LogP) is 3.55. The van der Waals surface area contributed by atoms with Crippen LogP contribution in [0.4, 0.5) is 5.69 Å². The summed E-state index contributed by atoms with van der Waals surface area (Å²) in [6.45, 7) is 6.15. The van der Waals surface area contributed by atoms with E-state index in [9.17, 15) is 9.59 Å². The lowest BCUT2D eigenvalue weighted by molar-refractivity contribution is -0.111. The molecular weight excluding hydrogens is 254 g/mol. The summed E-state index contributed by atoms with van der Waals surface area (Å²) in [5.41, 5.74) is 1.94. The second kappa shape index (κ2) is 8.15. The lowest BCUT2D eigenvalue weighted by Gasteiger charge is -2.06. The number of amides is 1. The highest BCUT2D eigenvalue weighted by molar-refractivity contribution is 6.00. The molecule has 0 aliphatic carbocycles. The molecular formula is C16H21NO3. The molecule has 1 rings (SSSR count). The predicted molar refractivity (Wildman–Crippen MR) is 79.7 cm³/mol. The van der Waals surface area contributed by atoms with Crippen LogP contribution in [0, 0.1) is 0 Å². The van der Waals surface area contributed by atoms with Gasteiger partial charge in [-0.15, -0.1) is 0 Å². The Balaban J connectivity index is 2.68. The van der Waals surface area contributed by atoms with Gasteiger partial charge in [0.25, 0.3) is 0 Å². The minimum absolute atomic E-state index is 0.207. The lowest BCUT2D eigenvalue weighted by atomic mass is 10.2. The first-order chi connectivity index (χ1) is 9.52. The van der Waals surface area contributed by atoms with E-state index in [1.807, 2.05) is 20.8 Å². The van der Waals surface area contributed by atoms with Crippen molar-refractivity contribution in [2.24, 2.45) is 0 Å². The Morgan fingerprint density at radius 2 is 2.05 bits per heavy atom. The minimum atomic E-state index is -0.364. The van der Waals surface area contributed by atoms with Gasteiger partial charge in [0.05, 0.1) is 12.2 Å². The molecule has 1 amide bonds. The Labute approximate surface area is 119 Å². The fraction of sp³-hybridized carbons (Fsp3) is 0.375. The monoisotopic (exact) mass is 275 g/mol. The largest absolute Gasteiger partial charge is 0.462 e. The van der Waals surface area contributed by atoms with Crippen LogP contribution in [0.5, 0.6) is 0 Å². The molecule has 0 saturated heterocycles. The molecule has 0 aliphatic heterocycles. The van der Waals surface area contributed by atoms with E-state index in [1.54, 1.807) is 24.3 Å². The third-order valence-corrected chi connectivity index (χ3v) is 2.52. The number of allylic oxidation sites excluding steroid dienone is 1. The minimum Gasteiger partial charge on any atom is -0.462 e. The van der Waals surface area contributed by atoms with Crippen molar-refractivity contribution in [2.75, 3.05) is 11.9 Å². The number of nitrogens with one attached hydrogen (secondary N) is 1. The molecule has 0 unspecified atom stereocenters. The van der Waals surface area contributed by atoms with Gasteiger partial charge in [-0.1, -0.05) is 25.0 Å². The number of carbonyl (C=O) groups excluding carboxylic acids is 2. The molecule has 0 aliphatic rings. The summed E-state index contributed by atoms with van der Waals surface area (Å²) in [7, 11) is 0. The zero-order chi connectivity index (χ0) is 15.0. The van der Waals surface area contributed by atoms with E-state index in [0.29, 0.717) is 17.9 Å². The molecule has 0 spiro atoms. The molecule has 0 saturated carbocycles. The summed E-state index contributed by atoms with van der Waals surface area (Å²) in [5.74, 6) is -0.571. The van der Waals surface area contributed by atoms with E-state index in [4.69, 9.17) is 4.74 Å². The average Bonchev–Trinajstić information content (AvgIpc) is 2.38. The van der Waals surface area contributed by atoms with Gasteiger partial charge in [-0.05, 0) is 38.5 Å². The van der Waals surface area contributed by atoms with Crippen LogP contribution >= 0.6 is 0 Å². The van der Waals surface area contributed by atoms with Crippen molar-refractivity contribution in [3.63, 3.8) is 0 Å². The van der Waals surface area contributed by atoms with Crippen molar-refractivity contribution < 1.29 is 14.3 Å². The van der Waals surface area contributed by atoms with Gasteiger partial charge in [0.1, 0.15) is 0 Å². The lowest BCUT2D eigenvalue weighted by Crippen LogP contribution is -2.10. The van der Waals surface area contributed by atoms with Gasteiger partial charge in [-0.25, -0.2) is 4.79 Å². The fourth-order valence-corrected chi connectivity index (χ4v) is 1.56. The summed E-state index contributed by atoms with van der Waals surface area (Å²) < 4.78 is 5.13. The van der Waals surface area contributed by atoms with Crippen LogP contribution in [-0.4, -0.2) is 18.5 Å². The number of ether oxygens (including phenoxy) is 1. The Kier molecular flexibility index (Phi) is 6.50. The number of rotatable bonds is 6. The van der Waals surface area contributed by atoms with E-state index in [1.165, 1.54) is 6.08 Å². The van der Waals surface area contributed by atoms with Gasteiger partial charge >= 0.3 is 5.97 Å². The zero-order valence-electron chi connectivity index (χ0n) is 12.2. The number of hydrogen-bond donors (Lipinski definition) is 1.